The van der Waals surface area contributed by atoms with Crippen LogP contribution in [-0.2, 0) is 0 Å². The van der Waals surface area contributed by atoms with Gasteiger partial charge in [-0.3, -0.25) is 0 Å². The van der Waals surface area contributed by atoms with Gasteiger partial charge in [-0.1, -0.05) is 39.0 Å². The third kappa shape index (κ3) is 17.8. The monoisotopic (exact) mass is 470 g/mol. The number of alkyl halides is 1. The average molecular weight is 471 g/mol. The second-order valence-electron chi connectivity index (χ2n) is 11.6. The van der Waals surface area contributed by atoms with Crippen LogP contribution in [0, 0.1) is 5.92 Å². The van der Waals surface area contributed by atoms with Crippen LogP contribution in [0.2, 0.25) is 0 Å². The summed E-state index contributed by atoms with van der Waals surface area (Å²) in [5.74, 6) is 1.06. The molecule has 5 fully saturated rings. The minimum absolute atomic E-state index is 0.366. The van der Waals surface area contributed by atoms with Crippen molar-refractivity contribution in [3.05, 3.63) is 0 Å². The number of hydrogen-bond donors (Lipinski definition) is 4. The van der Waals surface area contributed by atoms with Gasteiger partial charge >= 0.3 is 0 Å². The van der Waals surface area contributed by atoms with Gasteiger partial charge in [0.15, 0.2) is 0 Å². The average Bonchev–Trinajstić information content (AvgIpc) is 3.37. The SMILES string of the molecule is CC1CCC1.CC1CCCN1.C[C@H]1CC(C)(F)CN1.C[C@H]1CCCCN1.C[C@H]1CCCCN1. The van der Waals surface area contributed by atoms with Crippen molar-refractivity contribution in [2.45, 2.75) is 148 Å². The molecule has 0 bridgehead atoms. The summed E-state index contributed by atoms with van der Waals surface area (Å²) < 4.78 is 12.8. The van der Waals surface area contributed by atoms with E-state index < -0.39 is 5.67 Å². The van der Waals surface area contributed by atoms with Crippen LogP contribution >= 0.6 is 0 Å². The van der Waals surface area contributed by atoms with Gasteiger partial charge in [0.05, 0.1) is 0 Å². The fourth-order valence-corrected chi connectivity index (χ4v) is 4.69. The van der Waals surface area contributed by atoms with Crippen LogP contribution in [0.25, 0.3) is 0 Å². The van der Waals surface area contributed by atoms with Gasteiger partial charge in [-0.05, 0) is 105 Å². The molecular formula is C28H59FN4. The van der Waals surface area contributed by atoms with Gasteiger partial charge in [0.2, 0.25) is 0 Å². The standard InChI is InChI=1S/C6H12FN.2C6H13N.C5H11N.C5H10/c1-5-3-6(2,7)4-8-5;2*1-6-4-2-3-5-7-6;1-5-3-2-4-6-5;1-5-3-2-4-5/h5,8H,3-4H2,1-2H3;2*6-7H,2-5H2,1H3;5-6H,2-4H2,1H3;5H,2-4H2,1H3/t5-,6?;2*6-;;/m000../s1. The number of rotatable bonds is 0. The Morgan fingerprint density at radius 1 is 0.545 bits per heavy atom. The Morgan fingerprint density at radius 2 is 0.970 bits per heavy atom. The Hall–Kier alpha value is -0.230. The summed E-state index contributed by atoms with van der Waals surface area (Å²) >= 11 is 0. The molecule has 5 atom stereocenters. The topological polar surface area (TPSA) is 48.1 Å². The van der Waals surface area contributed by atoms with Crippen molar-refractivity contribution >= 4 is 0 Å². The summed E-state index contributed by atoms with van der Waals surface area (Å²) in [6, 6.07) is 2.73. The van der Waals surface area contributed by atoms with Gasteiger partial charge in [0.25, 0.3) is 0 Å². The first kappa shape index (κ1) is 30.8. The maximum atomic E-state index is 12.8. The van der Waals surface area contributed by atoms with E-state index in [-0.39, 0.29) is 0 Å². The molecule has 5 heteroatoms. The summed E-state index contributed by atoms with van der Waals surface area (Å²) in [6.45, 7) is 16.9. The molecule has 4 aliphatic heterocycles. The lowest BCUT2D eigenvalue weighted by Crippen LogP contribution is -2.30. The van der Waals surface area contributed by atoms with Crippen molar-refractivity contribution in [2.24, 2.45) is 5.92 Å². The van der Waals surface area contributed by atoms with Crippen molar-refractivity contribution in [1.82, 2.24) is 21.3 Å². The molecule has 0 aromatic rings. The van der Waals surface area contributed by atoms with Crippen LogP contribution in [0.3, 0.4) is 0 Å². The molecule has 5 rings (SSSR count). The van der Waals surface area contributed by atoms with E-state index in [1.807, 2.05) is 6.92 Å². The molecule has 0 amide bonds. The van der Waals surface area contributed by atoms with E-state index in [9.17, 15) is 4.39 Å². The predicted molar refractivity (Wildman–Crippen MR) is 144 cm³/mol. The predicted octanol–water partition coefficient (Wildman–Crippen LogP) is 5.96. The Bertz CT molecular complexity index is 421. The van der Waals surface area contributed by atoms with Gasteiger partial charge in [0, 0.05) is 30.7 Å². The largest absolute Gasteiger partial charge is 0.314 e. The first-order chi connectivity index (χ1) is 15.7. The summed E-state index contributed by atoms with van der Waals surface area (Å²) in [4.78, 5) is 0. The second-order valence-corrected chi connectivity index (χ2v) is 11.6. The van der Waals surface area contributed by atoms with E-state index in [0.29, 0.717) is 19.0 Å². The fraction of sp³-hybridized carbons (Fsp3) is 1.00. The first-order valence-electron chi connectivity index (χ1n) is 14.3. The lowest BCUT2D eigenvalue weighted by Gasteiger charge is -2.18. The van der Waals surface area contributed by atoms with Crippen molar-refractivity contribution in [3.8, 4) is 0 Å². The third-order valence-electron chi connectivity index (χ3n) is 7.36. The van der Waals surface area contributed by atoms with Crippen molar-refractivity contribution in [3.63, 3.8) is 0 Å². The van der Waals surface area contributed by atoms with Crippen molar-refractivity contribution < 1.29 is 4.39 Å². The van der Waals surface area contributed by atoms with E-state index in [0.717, 1.165) is 24.0 Å². The second kappa shape index (κ2) is 18.1. The molecule has 0 radical (unpaired) electrons. The normalized spacial score (nSPS) is 35.7. The number of halogens is 1. The molecule has 4 N–H and O–H groups in total. The Labute approximate surface area is 206 Å². The smallest absolute Gasteiger partial charge is 0.122 e. The highest BCUT2D eigenvalue weighted by molar-refractivity contribution is 4.88. The summed E-state index contributed by atoms with van der Waals surface area (Å²) in [6.07, 6.45) is 16.2. The van der Waals surface area contributed by atoms with Crippen LogP contribution in [0.5, 0.6) is 0 Å². The molecule has 0 aromatic carbocycles. The highest BCUT2D eigenvalue weighted by atomic mass is 19.1. The molecule has 33 heavy (non-hydrogen) atoms. The van der Waals surface area contributed by atoms with Gasteiger partial charge in [-0.15, -0.1) is 0 Å². The van der Waals surface area contributed by atoms with Crippen LogP contribution in [0.15, 0.2) is 0 Å². The molecule has 4 nitrogen and oxygen atoms in total. The molecule has 1 aliphatic carbocycles. The Kier molecular flexibility index (Phi) is 16.9. The van der Waals surface area contributed by atoms with Gasteiger partial charge in [-0.25, -0.2) is 4.39 Å². The number of piperidine rings is 2. The molecule has 198 valence electrons. The summed E-state index contributed by atoms with van der Waals surface area (Å²) in [5.41, 5.74) is -0.945. The van der Waals surface area contributed by atoms with Crippen molar-refractivity contribution in [1.29, 1.82) is 0 Å². The minimum Gasteiger partial charge on any atom is -0.314 e. The van der Waals surface area contributed by atoms with Gasteiger partial charge in [0.1, 0.15) is 5.67 Å². The van der Waals surface area contributed by atoms with E-state index >= 15 is 0 Å². The van der Waals surface area contributed by atoms with Crippen LogP contribution in [0.1, 0.15) is 119 Å². The molecule has 4 heterocycles. The molecule has 4 saturated heterocycles. The van der Waals surface area contributed by atoms with E-state index in [1.165, 1.54) is 90.3 Å². The summed E-state index contributed by atoms with van der Waals surface area (Å²) in [7, 11) is 0. The van der Waals surface area contributed by atoms with Gasteiger partial charge in [-0.2, -0.15) is 0 Å². The zero-order chi connectivity index (χ0) is 24.5. The quantitative estimate of drug-likeness (QED) is 0.353. The molecule has 0 spiro atoms. The van der Waals surface area contributed by atoms with Crippen LogP contribution in [-0.4, -0.2) is 56.0 Å². The first-order valence-corrected chi connectivity index (χ1v) is 14.3. The van der Waals surface area contributed by atoms with E-state index in [4.69, 9.17) is 0 Å². The zero-order valence-electron chi connectivity index (χ0n) is 23.1. The number of hydrogen-bond acceptors (Lipinski definition) is 4. The maximum Gasteiger partial charge on any atom is 0.122 e. The highest BCUT2D eigenvalue weighted by Gasteiger charge is 2.31. The number of nitrogens with one attached hydrogen (secondary N) is 4. The zero-order valence-corrected chi connectivity index (χ0v) is 23.1. The fourth-order valence-electron chi connectivity index (χ4n) is 4.69. The van der Waals surface area contributed by atoms with Gasteiger partial charge < -0.3 is 21.3 Å². The third-order valence-corrected chi connectivity index (χ3v) is 7.36. The van der Waals surface area contributed by atoms with Crippen LogP contribution in [0.4, 0.5) is 4.39 Å². The maximum absolute atomic E-state index is 12.8. The molecule has 2 unspecified atom stereocenters. The lowest BCUT2D eigenvalue weighted by atomic mass is 9.88. The molecule has 0 aromatic heterocycles. The Morgan fingerprint density at radius 3 is 1.09 bits per heavy atom. The lowest BCUT2D eigenvalue weighted by molar-refractivity contribution is 0.215. The van der Waals surface area contributed by atoms with Crippen molar-refractivity contribution in [2.75, 3.05) is 26.2 Å². The van der Waals surface area contributed by atoms with E-state index in [2.05, 4.69) is 49.0 Å². The molecule has 5 aliphatic rings. The highest BCUT2D eigenvalue weighted by Crippen LogP contribution is 2.24. The van der Waals surface area contributed by atoms with Crippen LogP contribution < -0.4 is 21.3 Å². The molecular weight excluding hydrogens is 411 g/mol. The Balaban J connectivity index is 0.000000208. The minimum atomic E-state index is -0.945. The molecule has 1 saturated carbocycles. The van der Waals surface area contributed by atoms with E-state index in [1.54, 1.807) is 6.92 Å². The summed E-state index contributed by atoms with van der Waals surface area (Å²) in [5, 5.41) is 13.1.